The van der Waals surface area contributed by atoms with Crippen molar-refractivity contribution in [2.24, 2.45) is 0 Å². The van der Waals surface area contributed by atoms with E-state index in [4.69, 9.17) is 18.6 Å². The number of furan rings is 1. The number of sulfonamides is 1. The summed E-state index contributed by atoms with van der Waals surface area (Å²) in [6, 6.07) is 12.3. The van der Waals surface area contributed by atoms with E-state index in [9.17, 15) is 18.5 Å². The lowest BCUT2D eigenvalue weighted by molar-refractivity contribution is 0.102. The molecule has 11 heteroatoms. The van der Waals surface area contributed by atoms with Gasteiger partial charge in [0.1, 0.15) is 22.5 Å². The number of hydrogen-bond donors (Lipinski definition) is 2. The van der Waals surface area contributed by atoms with E-state index in [1.807, 2.05) is 6.07 Å². The average molecular weight is 500 g/mol. The zero-order chi connectivity index (χ0) is 25.4. The number of ether oxygens (including phenoxy) is 3. The van der Waals surface area contributed by atoms with Crippen molar-refractivity contribution in [3.63, 3.8) is 0 Å². The van der Waals surface area contributed by atoms with E-state index in [0.717, 1.165) is 0 Å². The molecule has 0 spiro atoms. The lowest BCUT2D eigenvalue weighted by atomic mass is 10.1. The molecule has 3 aromatic rings. The van der Waals surface area contributed by atoms with Gasteiger partial charge in [-0.2, -0.15) is 5.26 Å². The average Bonchev–Trinajstić information content (AvgIpc) is 3.38. The van der Waals surface area contributed by atoms with E-state index in [-0.39, 0.29) is 34.0 Å². The van der Waals surface area contributed by atoms with E-state index in [2.05, 4.69) is 10.0 Å². The van der Waals surface area contributed by atoms with E-state index < -0.39 is 15.9 Å². The van der Waals surface area contributed by atoms with Crippen molar-refractivity contribution < 1.29 is 31.8 Å². The smallest absolute Gasteiger partial charge is 0.255 e. The molecule has 2 N–H and O–H groups in total. The number of amides is 1. The largest absolute Gasteiger partial charge is 0.495 e. The Morgan fingerprint density at radius 1 is 1.06 bits per heavy atom. The van der Waals surface area contributed by atoms with Gasteiger partial charge in [0.25, 0.3) is 5.91 Å². The fraction of sp³-hybridized carbons (Fsp3) is 0.250. The second-order valence-corrected chi connectivity index (χ2v) is 8.78. The fourth-order valence-electron chi connectivity index (χ4n) is 3.17. The van der Waals surface area contributed by atoms with Crippen LogP contribution in [0.25, 0.3) is 0 Å². The Balaban J connectivity index is 1.91. The van der Waals surface area contributed by atoms with Gasteiger partial charge in [0.15, 0.2) is 11.5 Å². The summed E-state index contributed by atoms with van der Waals surface area (Å²) in [6.45, 7) is 4.24. The molecule has 0 saturated carbocycles. The molecule has 0 aliphatic carbocycles. The Morgan fingerprint density at radius 3 is 2.37 bits per heavy atom. The molecular formula is C24H25N3O7S. The number of anilines is 1. The van der Waals surface area contributed by atoms with Gasteiger partial charge in [-0.15, -0.1) is 0 Å². The van der Waals surface area contributed by atoms with Gasteiger partial charge in [-0.25, -0.2) is 13.1 Å². The molecule has 10 nitrogen and oxygen atoms in total. The van der Waals surface area contributed by atoms with Gasteiger partial charge in [0.2, 0.25) is 10.0 Å². The monoisotopic (exact) mass is 499 g/mol. The maximum absolute atomic E-state index is 13.0. The Kier molecular flexibility index (Phi) is 8.35. The Bertz CT molecular complexity index is 1330. The first kappa shape index (κ1) is 25.6. The first-order valence-electron chi connectivity index (χ1n) is 10.7. The number of methoxy groups -OCH3 is 1. The van der Waals surface area contributed by atoms with Crippen LogP contribution >= 0.6 is 0 Å². The third kappa shape index (κ3) is 6.11. The normalized spacial score (nSPS) is 10.9. The summed E-state index contributed by atoms with van der Waals surface area (Å²) in [6.07, 6.45) is 1.43. The third-order valence-corrected chi connectivity index (χ3v) is 6.21. The predicted molar refractivity (Wildman–Crippen MR) is 127 cm³/mol. The molecule has 2 aromatic carbocycles. The molecule has 0 unspecified atom stereocenters. The highest BCUT2D eigenvalue weighted by Crippen LogP contribution is 2.34. The van der Waals surface area contributed by atoms with Crippen LogP contribution in [0.15, 0.2) is 58.0 Å². The fourth-order valence-corrected chi connectivity index (χ4v) is 4.36. The van der Waals surface area contributed by atoms with Crippen molar-refractivity contribution in [3.05, 3.63) is 65.6 Å². The van der Waals surface area contributed by atoms with Gasteiger partial charge < -0.3 is 23.9 Å². The third-order valence-electron chi connectivity index (χ3n) is 4.78. The highest BCUT2D eigenvalue weighted by Gasteiger charge is 2.23. The van der Waals surface area contributed by atoms with Crippen LogP contribution in [0.5, 0.6) is 17.2 Å². The molecule has 1 heterocycles. The first-order chi connectivity index (χ1) is 16.8. The Morgan fingerprint density at radius 2 is 1.77 bits per heavy atom. The summed E-state index contributed by atoms with van der Waals surface area (Å²) in [7, 11) is -2.72. The molecule has 0 bridgehead atoms. The highest BCUT2D eigenvalue weighted by molar-refractivity contribution is 7.89. The zero-order valence-corrected chi connectivity index (χ0v) is 20.3. The predicted octanol–water partition coefficient (Wildman–Crippen LogP) is 3.69. The second-order valence-electron chi connectivity index (χ2n) is 7.05. The number of hydrogen-bond acceptors (Lipinski definition) is 8. The van der Waals surface area contributed by atoms with Crippen molar-refractivity contribution in [1.29, 1.82) is 5.26 Å². The van der Waals surface area contributed by atoms with Crippen LogP contribution in [-0.4, -0.2) is 34.6 Å². The number of carbonyl (C=O) groups is 1. The van der Waals surface area contributed by atoms with Gasteiger partial charge in [-0.1, -0.05) is 0 Å². The maximum Gasteiger partial charge on any atom is 0.255 e. The zero-order valence-electron chi connectivity index (χ0n) is 19.5. The number of nitriles is 1. The van der Waals surface area contributed by atoms with Gasteiger partial charge in [0, 0.05) is 17.7 Å². The van der Waals surface area contributed by atoms with Crippen LogP contribution < -0.4 is 24.2 Å². The topological polar surface area (TPSA) is 140 Å². The van der Waals surface area contributed by atoms with Crippen molar-refractivity contribution in [1.82, 2.24) is 4.72 Å². The van der Waals surface area contributed by atoms with E-state index in [1.165, 1.54) is 43.7 Å². The van der Waals surface area contributed by atoms with E-state index in [1.54, 1.807) is 26.0 Å². The van der Waals surface area contributed by atoms with Gasteiger partial charge in [0.05, 0.1) is 44.4 Å². The van der Waals surface area contributed by atoms with Crippen molar-refractivity contribution in [2.75, 3.05) is 25.6 Å². The summed E-state index contributed by atoms with van der Waals surface area (Å²) in [4.78, 5) is 12.8. The molecule has 0 atom stereocenters. The molecular weight excluding hydrogens is 474 g/mol. The summed E-state index contributed by atoms with van der Waals surface area (Å²) in [5.74, 6) is 0.600. The summed E-state index contributed by atoms with van der Waals surface area (Å²) in [5, 5.41) is 12.2. The van der Waals surface area contributed by atoms with Crippen LogP contribution in [0.2, 0.25) is 0 Å². The molecule has 1 amide bonds. The van der Waals surface area contributed by atoms with Crippen molar-refractivity contribution in [2.45, 2.75) is 25.3 Å². The minimum absolute atomic E-state index is 0.0416. The van der Waals surface area contributed by atoms with Crippen molar-refractivity contribution >= 4 is 21.6 Å². The molecule has 1 aromatic heterocycles. The van der Waals surface area contributed by atoms with Crippen LogP contribution in [0.3, 0.4) is 0 Å². The molecule has 35 heavy (non-hydrogen) atoms. The maximum atomic E-state index is 13.0. The Hall–Kier alpha value is -4.01. The lowest BCUT2D eigenvalue weighted by Gasteiger charge is -2.15. The molecule has 0 aliphatic rings. The highest BCUT2D eigenvalue weighted by atomic mass is 32.2. The van der Waals surface area contributed by atoms with Crippen LogP contribution in [0.4, 0.5) is 5.69 Å². The van der Waals surface area contributed by atoms with Gasteiger partial charge in [-0.05, 0) is 44.2 Å². The minimum atomic E-state index is -4.05. The molecule has 3 rings (SSSR count). The first-order valence-corrected chi connectivity index (χ1v) is 12.2. The Labute approximate surface area is 203 Å². The SMILES string of the molecule is CCOc1cc(C#N)c(NC(=O)c2ccc(OC)c(S(=O)(=O)NCc3ccco3)c2)cc1OCC. The number of nitrogens with one attached hydrogen (secondary N) is 2. The number of nitrogens with zero attached hydrogens (tertiary/aromatic N) is 1. The second kappa shape index (κ2) is 11.4. The van der Waals surface area contributed by atoms with E-state index >= 15 is 0 Å². The quantitative estimate of drug-likeness (QED) is 0.407. The van der Waals surface area contributed by atoms with Crippen LogP contribution in [0, 0.1) is 11.3 Å². The van der Waals surface area contributed by atoms with E-state index in [0.29, 0.717) is 30.5 Å². The van der Waals surface area contributed by atoms with Gasteiger partial charge in [-0.3, -0.25) is 4.79 Å². The number of rotatable bonds is 11. The molecule has 0 saturated heterocycles. The molecule has 0 aliphatic heterocycles. The molecule has 184 valence electrons. The minimum Gasteiger partial charge on any atom is -0.495 e. The summed E-state index contributed by atoms with van der Waals surface area (Å²) in [5.41, 5.74) is 0.396. The molecule has 0 fully saturated rings. The summed E-state index contributed by atoms with van der Waals surface area (Å²) >= 11 is 0. The number of carbonyl (C=O) groups excluding carboxylic acids is 1. The van der Waals surface area contributed by atoms with Crippen LogP contribution in [-0.2, 0) is 16.6 Å². The van der Waals surface area contributed by atoms with Crippen LogP contribution in [0.1, 0.15) is 35.5 Å². The number of benzene rings is 2. The summed E-state index contributed by atoms with van der Waals surface area (Å²) < 4.78 is 49.7. The van der Waals surface area contributed by atoms with Gasteiger partial charge >= 0.3 is 0 Å². The standard InChI is InChI=1S/C24H25N3O7S/c1-4-32-21-11-17(14-25)19(13-22(21)33-5-2)27-24(28)16-8-9-20(31-3)23(12-16)35(29,30)26-15-18-7-6-10-34-18/h6-13,26H,4-5,15H2,1-3H3,(H,27,28). The lowest BCUT2D eigenvalue weighted by Crippen LogP contribution is -2.24. The molecule has 0 radical (unpaired) electrons. The van der Waals surface area contributed by atoms with Crippen molar-refractivity contribution in [3.8, 4) is 23.3 Å².